The van der Waals surface area contributed by atoms with E-state index in [4.69, 9.17) is 0 Å². The van der Waals surface area contributed by atoms with Crippen LogP contribution in [0.5, 0.6) is 0 Å². The lowest BCUT2D eigenvalue weighted by atomic mass is 10.1. The molecule has 0 heterocycles. The molecule has 0 aromatic heterocycles. The highest BCUT2D eigenvalue weighted by Gasteiger charge is 2.03. The van der Waals surface area contributed by atoms with Crippen LogP contribution in [-0.2, 0) is 6.42 Å². The van der Waals surface area contributed by atoms with Crippen LogP contribution in [0.3, 0.4) is 0 Å². The fourth-order valence-electron chi connectivity index (χ4n) is 1.15. The van der Waals surface area contributed by atoms with Gasteiger partial charge in [0.05, 0.1) is 0 Å². The number of rotatable bonds is 3. The number of nitro groups is 1. The highest BCUT2D eigenvalue weighted by atomic mass is 19.1. The maximum Gasteiger partial charge on any atom is 0.207 e. The zero-order chi connectivity index (χ0) is 9.84. The molecule has 13 heavy (non-hydrogen) atoms. The first-order valence-electron chi connectivity index (χ1n) is 3.96. The van der Waals surface area contributed by atoms with E-state index in [-0.39, 0.29) is 17.3 Å². The number of halogens is 1. The summed E-state index contributed by atoms with van der Waals surface area (Å²) in [5.74, 6) is -0.303. The van der Waals surface area contributed by atoms with E-state index in [1.54, 1.807) is 13.0 Å². The lowest BCUT2D eigenvalue weighted by Gasteiger charge is -2.01. The molecule has 1 aromatic rings. The van der Waals surface area contributed by atoms with Crippen LogP contribution in [0.15, 0.2) is 18.2 Å². The molecule has 0 saturated heterocycles. The summed E-state index contributed by atoms with van der Waals surface area (Å²) in [6.45, 7) is 1.64. The first-order chi connectivity index (χ1) is 6.09. The molecule has 0 aliphatic heterocycles. The molecule has 1 aromatic carbocycles. The van der Waals surface area contributed by atoms with E-state index in [2.05, 4.69) is 0 Å². The minimum absolute atomic E-state index is 0.105. The Bertz CT molecular complexity index is 325. The van der Waals surface area contributed by atoms with Crippen molar-refractivity contribution >= 4 is 0 Å². The van der Waals surface area contributed by atoms with Crippen molar-refractivity contribution in [3.05, 3.63) is 45.3 Å². The van der Waals surface area contributed by atoms with Gasteiger partial charge in [-0.15, -0.1) is 0 Å². The highest BCUT2D eigenvalue weighted by Crippen LogP contribution is 2.10. The first kappa shape index (κ1) is 9.64. The van der Waals surface area contributed by atoms with E-state index in [1.165, 1.54) is 12.1 Å². The van der Waals surface area contributed by atoms with Gasteiger partial charge in [-0.05, 0) is 30.2 Å². The number of benzene rings is 1. The van der Waals surface area contributed by atoms with Gasteiger partial charge in [-0.2, -0.15) is 0 Å². The number of nitrogens with zero attached hydrogens (tertiary/aromatic N) is 1. The largest absolute Gasteiger partial charge is 0.265 e. The predicted octanol–water partition coefficient (Wildman–Crippen LogP) is 1.95. The van der Waals surface area contributed by atoms with Crippen LogP contribution >= 0.6 is 0 Å². The molecule has 0 bridgehead atoms. The Morgan fingerprint density at radius 2 is 2.23 bits per heavy atom. The van der Waals surface area contributed by atoms with Crippen molar-refractivity contribution in [3.63, 3.8) is 0 Å². The average Bonchev–Trinajstić information content (AvgIpc) is 2.02. The molecule has 0 aliphatic carbocycles. The Morgan fingerprint density at radius 1 is 1.54 bits per heavy atom. The summed E-state index contributed by atoms with van der Waals surface area (Å²) < 4.78 is 12.6. The second-order valence-electron chi connectivity index (χ2n) is 2.88. The third-order valence-electron chi connectivity index (χ3n) is 1.87. The van der Waals surface area contributed by atoms with Crippen LogP contribution in [-0.4, -0.2) is 11.5 Å². The van der Waals surface area contributed by atoms with Crippen molar-refractivity contribution < 1.29 is 9.31 Å². The molecular formula is C9H10FNO2. The summed E-state index contributed by atoms with van der Waals surface area (Å²) in [4.78, 5) is 9.71. The molecular weight excluding hydrogens is 173 g/mol. The van der Waals surface area contributed by atoms with E-state index >= 15 is 0 Å². The van der Waals surface area contributed by atoms with Crippen molar-refractivity contribution in [2.24, 2.45) is 0 Å². The molecule has 0 spiro atoms. The molecule has 0 fully saturated rings. The van der Waals surface area contributed by atoms with E-state index in [9.17, 15) is 14.5 Å². The van der Waals surface area contributed by atoms with E-state index < -0.39 is 0 Å². The maximum absolute atomic E-state index is 12.6. The smallest absolute Gasteiger partial charge is 0.207 e. The first-order valence-corrected chi connectivity index (χ1v) is 3.96. The minimum atomic E-state index is -0.372. The van der Waals surface area contributed by atoms with Gasteiger partial charge in [0.1, 0.15) is 5.82 Å². The molecule has 1 rings (SSSR count). The Labute approximate surface area is 75.3 Å². The predicted molar refractivity (Wildman–Crippen MR) is 46.7 cm³/mol. The summed E-state index contributed by atoms with van der Waals surface area (Å²) in [5.41, 5.74) is 1.60. The van der Waals surface area contributed by atoms with Crippen molar-refractivity contribution in [1.29, 1.82) is 0 Å². The van der Waals surface area contributed by atoms with Crippen LogP contribution in [0.25, 0.3) is 0 Å². The molecule has 0 radical (unpaired) electrons. The van der Waals surface area contributed by atoms with Gasteiger partial charge < -0.3 is 0 Å². The minimum Gasteiger partial charge on any atom is -0.265 e. The summed E-state index contributed by atoms with van der Waals surface area (Å²) in [6.07, 6.45) is 0.360. The standard InChI is InChI=1S/C9H10FNO2/c1-7-6-9(10)3-2-8(7)4-5-11(12)13/h2-3,6H,4-5H2,1H3. The van der Waals surface area contributed by atoms with Crippen molar-refractivity contribution in [1.82, 2.24) is 0 Å². The summed E-state index contributed by atoms with van der Waals surface area (Å²) >= 11 is 0. The van der Waals surface area contributed by atoms with Gasteiger partial charge in [-0.25, -0.2) is 4.39 Å². The van der Waals surface area contributed by atoms with Crippen molar-refractivity contribution in [2.45, 2.75) is 13.3 Å². The zero-order valence-electron chi connectivity index (χ0n) is 7.29. The number of hydrogen-bond donors (Lipinski definition) is 0. The molecule has 0 saturated carbocycles. The van der Waals surface area contributed by atoms with Crippen LogP contribution in [0, 0.1) is 22.9 Å². The van der Waals surface area contributed by atoms with Gasteiger partial charge in [0.15, 0.2) is 0 Å². The molecule has 3 nitrogen and oxygen atoms in total. The van der Waals surface area contributed by atoms with Crippen LogP contribution < -0.4 is 0 Å². The van der Waals surface area contributed by atoms with Crippen LogP contribution in [0.2, 0.25) is 0 Å². The number of hydrogen-bond acceptors (Lipinski definition) is 2. The summed E-state index contributed by atoms with van der Waals surface area (Å²) in [5, 5.41) is 10.1. The molecule has 0 N–H and O–H groups in total. The molecule has 0 unspecified atom stereocenters. The Hall–Kier alpha value is -1.45. The van der Waals surface area contributed by atoms with E-state index in [0.29, 0.717) is 6.42 Å². The van der Waals surface area contributed by atoms with Gasteiger partial charge >= 0.3 is 0 Å². The normalized spacial score (nSPS) is 10.0. The van der Waals surface area contributed by atoms with Crippen molar-refractivity contribution in [3.8, 4) is 0 Å². The Balaban J connectivity index is 2.72. The third kappa shape index (κ3) is 2.82. The average molecular weight is 183 g/mol. The van der Waals surface area contributed by atoms with E-state index in [1.807, 2.05) is 0 Å². The SMILES string of the molecule is Cc1cc(F)ccc1CC[N+](=O)[O-]. The lowest BCUT2D eigenvalue weighted by Crippen LogP contribution is -2.05. The zero-order valence-corrected chi connectivity index (χ0v) is 7.29. The van der Waals surface area contributed by atoms with Gasteiger partial charge in [0.25, 0.3) is 0 Å². The maximum atomic E-state index is 12.6. The van der Waals surface area contributed by atoms with Crippen LogP contribution in [0.1, 0.15) is 11.1 Å². The molecule has 0 amide bonds. The summed E-state index contributed by atoms with van der Waals surface area (Å²) in [7, 11) is 0. The highest BCUT2D eigenvalue weighted by molar-refractivity contribution is 5.26. The van der Waals surface area contributed by atoms with Gasteiger partial charge in [0.2, 0.25) is 6.54 Å². The Morgan fingerprint density at radius 3 is 2.77 bits per heavy atom. The number of aryl methyl sites for hydroxylation is 1. The molecule has 70 valence electrons. The summed E-state index contributed by atoms with van der Waals surface area (Å²) in [6, 6.07) is 4.30. The van der Waals surface area contributed by atoms with Crippen LogP contribution in [0.4, 0.5) is 4.39 Å². The van der Waals surface area contributed by atoms with Gasteiger partial charge in [-0.1, -0.05) is 6.07 Å². The fraction of sp³-hybridized carbons (Fsp3) is 0.333. The Kier molecular flexibility index (Phi) is 2.95. The van der Waals surface area contributed by atoms with Crippen molar-refractivity contribution in [2.75, 3.05) is 6.54 Å². The fourth-order valence-corrected chi connectivity index (χ4v) is 1.15. The molecule has 0 atom stereocenters. The van der Waals surface area contributed by atoms with Gasteiger partial charge in [-0.3, -0.25) is 10.1 Å². The topological polar surface area (TPSA) is 43.1 Å². The monoisotopic (exact) mass is 183 g/mol. The molecule has 0 aliphatic rings. The molecule has 4 heteroatoms. The van der Waals surface area contributed by atoms with Gasteiger partial charge in [0, 0.05) is 11.3 Å². The second kappa shape index (κ2) is 3.98. The van der Waals surface area contributed by atoms with E-state index in [0.717, 1.165) is 11.1 Å². The quantitative estimate of drug-likeness (QED) is 0.531. The second-order valence-corrected chi connectivity index (χ2v) is 2.88. The lowest BCUT2D eigenvalue weighted by molar-refractivity contribution is -0.479. The third-order valence-corrected chi connectivity index (χ3v) is 1.87.